The van der Waals surface area contributed by atoms with Gasteiger partial charge in [0, 0.05) is 52.3 Å². The van der Waals surface area contributed by atoms with Crippen molar-refractivity contribution in [1.29, 1.82) is 0 Å². The smallest absolute Gasteiger partial charge is 0.221 e. The lowest BCUT2D eigenvalue weighted by Gasteiger charge is -2.39. The summed E-state index contributed by atoms with van der Waals surface area (Å²) in [4.78, 5) is 17.0. The lowest BCUT2D eigenvalue weighted by atomic mass is 10.1. The van der Waals surface area contributed by atoms with E-state index in [2.05, 4.69) is 22.0 Å². The topological polar surface area (TPSA) is 44.8 Å². The Kier molecular flexibility index (Phi) is 7.69. The van der Waals surface area contributed by atoms with E-state index >= 15 is 0 Å². The van der Waals surface area contributed by atoms with Crippen LogP contribution in [0.1, 0.15) is 31.9 Å². The van der Waals surface area contributed by atoms with Gasteiger partial charge >= 0.3 is 0 Å². The van der Waals surface area contributed by atoms with Gasteiger partial charge in [0.2, 0.25) is 5.91 Å². The molecule has 0 unspecified atom stereocenters. The normalized spacial score (nSPS) is 20.7. The van der Waals surface area contributed by atoms with Crippen LogP contribution in [0.4, 0.5) is 0 Å². The zero-order valence-corrected chi connectivity index (χ0v) is 15.2. The minimum atomic E-state index is 0.0588. The molecule has 1 amide bonds. The van der Waals surface area contributed by atoms with Crippen LogP contribution in [0.15, 0.2) is 30.3 Å². The predicted octanol–water partition coefficient (Wildman–Crippen LogP) is 1.91. The summed E-state index contributed by atoms with van der Waals surface area (Å²) in [5.74, 6) is 0.126. The molecule has 0 aromatic heterocycles. The Balaban J connectivity index is 1.69. The molecule has 0 bridgehead atoms. The van der Waals surface area contributed by atoms with Gasteiger partial charge in [0.15, 0.2) is 0 Å². The lowest BCUT2D eigenvalue weighted by Crippen LogP contribution is -2.53. The highest BCUT2D eigenvalue weighted by Gasteiger charge is 2.23. The van der Waals surface area contributed by atoms with E-state index < -0.39 is 0 Å². The Morgan fingerprint density at radius 2 is 2.04 bits per heavy atom. The number of ether oxygens (including phenoxy) is 1. The summed E-state index contributed by atoms with van der Waals surface area (Å²) in [6.45, 7) is 9.97. The highest BCUT2D eigenvalue weighted by atomic mass is 16.5. The molecule has 1 fully saturated rings. The number of nitrogens with zero attached hydrogens (tertiary/aromatic N) is 2. The van der Waals surface area contributed by atoms with Gasteiger partial charge in [-0.25, -0.2) is 0 Å². The molecule has 1 saturated heterocycles. The molecule has 2 atom stereocenters. The summed E-state index contributed by atoms with van der Waals surface area (Å²) < 4.78 is 5.16. The van der Waals surface area contributed by atoms with Crippen LogP contribution in [-0.4, -0.2) is 68.2 Å². The SMILES string of the molecule is COCCN1CCN(CCC(=O)N[C@@H](C)c2ccccc2)C[C@@H]1C. The molecule has 1 aliphatic rings. The van der Waals surface area contributed by atoms with E-state index in [4.69, 9.17) is 4.74 Å². The van der Waals surface area contributed by atoms with Crippen LogP contribution in [0.5, 0.6) is 0 Å². The van der Waals surface area contributed by atoms with E-state index in [1.54, 1.807) is 7.11 Å². The van der Waals surface area contributed by atoms with Crippen molar-refractivity contribution in [2.45, 2.75) is 32.4 Å². The molecular weight excluding hydrogens is 302 g/mol. The quantitative estimate of drug-likeness (QED) is 0.789. The van der Waals surface area contributed by atoms with Crippen molar-refractivity contribution >= 4 is 5.91 Å². The average molecular weight is 333 g/mol. The zero-order valence-electron chi connectivity index (χ0n) is 15.2. The summed E-state index contributed by atoms with van der Waals surface area (Å²) in [7, 11) is 1.75. The summed E-state index contributed by atoms with van der Waals surface area (Å²) in [6, 6.07) is 10.7. The Morgan fingerprint density at radius 3 is 2.71 bits per heavy atom. The molecule has 1 aromatic carbocycles. The number of rotatable bonds is 8. The molecular formula is C19H31N3O2. The molecule has 1 aromatic rings. The lowest BCUT2D eigenvalue weighted by molar-refractivity contribution is -0.122. The van der Waals surface area contributed by atoms with E-state index in [1.165, 1.54) is 0 Å². The zero-order chi connectivity index (χ0) is 17.4. The third kappa shape index (κ3) is 5.89. The van der Waals surface area contributed by atoms with Crippen molar-refractivity contribution in [3.8, 4) is 0 Å². The van der Waals surface area contributed by atoms with Gasteiger partial charge < -0.3 is 15.0 Å². The fourth-order valence-corrected chi connectivity index (χ4v) is 3.21. The van der Waals surface area contributed by atoms with Gasteiger partial charge in [-0.3, -0.25) is 9.69 Å². The number of piperazine rings is 1. The molecule has 0 aliphatic carbocycles. The Hall–Kier alpha value is -1.43. The standard InChI is InChI=1S/C19H31N3O2/c1-16-15-21(11-12-22(16)13-14-24-3)10-9-19(23)20-17(2)18-7-5-4-6-8-18/h4-8,16-17H,9-15H2,1-3H3,(H,20,23)/t16-,17-/m0/s1. The van der Waals surface area contributed by atoms with Crippen LogP contribution in [0, 0.1) is 0 Å². The number of benzene rings is 1. The molecule has 0 saturated carbocycles. The molecule has 1 heterocycles. The first-order chi connectivity index (χ1) is 11.6. The Labute approximate surface area is 146 Å². The highest BCUT2D eigenvalue weighted by Crippen LogP contribution is 2.12. The number of carbonyl (C=O) groups excluding carboxylic acids is 1. The van der Waals surface area contributed by atoms with Gasteiger partial charge in [-0.15, -0.1) is 0 Å². The first-order valence-electron chi connectivity index (χ1n) is 8.89. The fourth-order valence-electron chi connectivity index (χ4n) is 3.21. The van der Waals surface area contributed by atoms with Crippen molar-refractivity contribution in [3.05, 3.63) is 35.9 Å². The van der Waals surface area contributed by atoms with Crippen molar-refractivity contribution in [2.24, 2.45) is 0 Å². The van der Waals surface area contributed by atoms with Crippen LogP contribution in [-0.2, 0) is 9.53 Å². The molecule has 5 heteroatoms. The monoisotopic (exact) mass is 333 g/mol. The van der Waals surface area contributed by atoms with Crippen LogP contribution >= 0.6 is 0 Å². The Bertz CT molecular complexity index is 495. The van der Waals surface area contributed by atoms with Crippen LogP contribution in [0.25, 0.3) is 0 Å². The van der Waals surface area contributed by atoms with Gasteiger partial charge in [0.1, 0.15) is 0 Å². The summed E-state index contributed by atoms with van der Waals surface area (Å²) in [6.07, 6.45) is 0.558. The first-order valence-corrected chi connectivity index (χ1v) is 8.89. The summed E-state index contributed by atoms with van der Waals surface area (Å²) >= 11 is 0. The van der Waals surface area contributed by atoms with Gasteiger partial charge in [0.05, 0.1) is 12.6 Å². The number of hydrogen-bond donors (Lipinski definition) is 1. The maximum absolute atomic E-state index is 12.2. The average Bonchev–Trinajstić information content (AvgIpc) is 2.60. The van der Waals surface area contributed by atoms with E-state index in [1.807, 2.05) is 37.3 Å². The number of carbonyl (C=O) groups is 1. The first kappa shape index (κ1) is 18.9. The second-order valence-corrected chi connectivity index (χ2v) is 6.63. The third-order valence-corrected chi connectivity index (χ3v) is 4.76. The van der Waals surface area contributed by atoms with Gasteiger partial charge in [-0.2, -0.15) is 0 Å². The maximum atomic E-state index is 12.2. The number of nitrogens with one attached hydrogen (secondary N) is 1. The predicted molar refractivity (Wildman–Crippen MR) is 97.0 cm³/mol. The minimum Gasteiger partial charge on any atom is -0.383 e. The molecule has 2 rings (SSSR count). The van der Waals surface area contributed by atoms with Crippen LogP contribution in [0.2, 0.25) is 0 Å². The summed E-state index contributed by atoms with van der Waals surface area (Å²) in [5.41, 5.74) is 1.14. The third-order valence-electron chi connectivity index (χ3n) is 4.76. The van der Waals surface area contributed by atoms with E-state index in [9.17, 15) is 4.79 Å². The van der Waals surface area contributed by atoms with Crippen molar-refractivity contribution in [1.82, 2.24) is 15.1 Å². The van der Waals surface area contributed by atoms with Gasteiger partial charge in [0.25, 0.3) is 0 Å². The second-order valence-electron chi connectivity index (χ2n) is 6.63. The highest BCUT2D eigenvalue weighted by molar-refractivity contribution is 5.76. The summed E-state index contributed by atoms with van der Waals surface area (Å²) in [5, 5.41) is 3.09. The van der Waals surface area contributed by atoms with Crippen LogP contribution in [0.3, 0.4) is 0 Å². The van der Waals surface area contributed by atoms with E-state index in [0.29, 0.717) is 12.5 Å². The maximum Gasteiger partial charge on any atom is 0.221 e. The second kappa shape index (κ2) is 9.77. The number of amides is 1. The molecule has 1 aliphatic heterocycles. The molecule has 134 valence electrons. The fraction of sp³-hybridized carbons (Fsp3) is 0.632. The van der Waals surface area contributed by atoms with Crippen molar-refractivity contribution < 1.29 is 9.53 Å². The molecule has 24 heavy (non-hydrogen) atoms. The molecule has 5 nitrogen and oxygen atoms in total. The van der Waals surface area contributed by atoms with Crippen molar-refractivity contribution in [2.75, 3.05) is 46.4 Å². The van der Waals surface area contributed by atoms with Gasteiger partial charge in [-0.1, -0.05) is 30.3 Å². The Morgan fingerprint density at radius 1 is 1.29 bits per heavy atom. The van der Waals surface area contributed by atoms with Crippen molar-refractivity contribution in [3.63, 3.8) is 0 Å². The number of methoxy groups -OCH3 is 1. The molecule has 1 N–H and O–H groups in total. The largest absolute Gasteiger partial charge is 0.383 e. The minimum absolute atomic E-state index is 0.0588. The van der Waals surface area contributed by atoms with E-state index in [-0.39, 0.29) is 11.9 Å². The van der Waals surface area contributed by atoms with Crippen LogP contribution < -0.4 is 5.32 Å². The van der Waals surface area contributed by atoms with Gasteiger partial charge in [-0.05, 0) is 19.4 Å². The van der Waals surface area contributed by atoms with E-state index in [0.717, 1.165) is 44.9 Å². The number of hydrogen-bond acceptors (Lipinski definition) is 4. The molecule has 0 radical (unpaired) electrons. The molecule has 0 spiro atoms.